The number of thiophene rings is 1. The van der Waals surface area contributed by atoms with Gasteiger partial charge in [0.25, 0.3) is 5.91 Å². The van der Waals surface area contributed by atoms with Gasteiger partial charge >= 0.3 is 0 Å². The molecule has 0 bridgehead atoms. The van der Waals surface area contributed by atoms with E-state index in [9.17, 15) is 4.79 Å². The first-order valence-corrected chi connectivity index (χ1v) is 15.4. The molecule has 0 saturated carbocycles. The SMILES string of the molecule is CCN(CC)C(=O)c1ccc(-c2cc(NCCCN3CCC(N4CCCC4)CC3)c3scc(C)c3n2)cc1. The summed E-state index contributed by atoms with van der Waals surface area (Å²) < 4.78 is 1.23. The van der Waals surface area contributed by atoms with E-state index in [2.05, 4.69) is 33.5 Å². The molecule has 0 radical (unpaired) electrons. The summed E-state index contributed by atoms with van der Waals surface area (Å²) in [6, 6.07) is 10.9. The third-order valence-corrected chi connectivity index (χ3v) is 9.48. The van der Waals surface area contributed by atoms with Gasteiger partial charge in [-0.25, -0.2) is 4.98 Å². The van der Waals surface area contributed by atoms with Crippen molar-refractivity contribution < 1.29 is 4.79 Å². The van der Waals surface area contributed by atoms with Crippen LogP contribution in [0.3, 0.4) is 0 Å². The molecule has 3 aromatic rings. The highest BCUT2D eigenvalue weighted by atomic mass is 32.1. The van der Waals surface area contributed by atoms with Crippen molar-refractivity contribution in [2.24, 2.45) is 0 Å². The molecular formula is C31H43N5OS. The summed E-state index contributed by atoms with van der Waals surface area (Å²) in [6.45, 7) is 14.8. The summed E-state index contributed by atoms with van der Waals surface area (Å²) in [4.78, 5) is 25.0. The molecule has 0 spiro atoms. The smallest absolute Gasteiger partial charge is 0.253 e. The summed E-state index contributed by atoms with van der Waals surface area (Å²) in [7, 11) is 0. The van der Waals surface area contributed by atoms with Crippen molar-refractivity contribution in [2.75, 3.05) is 57.7 Å². The van der Waals surface area contributed by atoms with Crippen molar-refractivity contribution >= 4 is 33.1 Å². The normalized spacial score (nSPS) is 17.3. The van der Waals surface area contributed by atoms with E-state index in [0.717, 1.165) is 61.0 Å². The van der Waals surface area contributed by atoms with Crippen LogP contribution >= 0.6 is 11.3 Å². The fourth-order valence-electron chi connectivity index (χ4n) is 6.02. The van der Waals surface area contributed by atoms with Crippen LogP contribution in [0.15, 0.2) is 35.7 Å². The molecule has 1 N–H and O–H groups in total. The number of pyridine rings is 1. The van der Waals surface area contributed by atoms with E-state index in [1.807, 2.05) is 43.0 Å². The summed E-state index contributed by atoms with van der Waals surface area (Å²) in [5.41, 5.74) is 6.17. The van der Waals surface area contributed by atoms with Gasteiger partial charge in [-0.05, 0) is 115 Å². The molecule has 0 unspecified atom stereocenters. The molecule has 2 aliphatic rings. The molecule has 2 aliphatic heterocycles. The van der Waals surface area contributed by atoms with Crippen molar-refractivity contribution in [1.82, 2.24) is 19.7 Å². The van der Waals surface area contributed by atoms with Crippen LogP contribution in [0.4, 0.5) is 5.69 Å². The molecular weight excluding hydrogens is 490 g/mol. The fourth-order valence-corrected chi connectivity index (χ4v) is 7.00. The topological polar surface area (TPSA) is 51.7 Å². The van der Waals surface area contributed by atoms with Crippen LogP contribution in [0, 0.1) is 6.92 Å². The summed E-state index contributed by atoms with van der Waals surface area (Å²) in [5, 5.41) is 5.94. The van der Waals surface area contributed by atoms with Crippen LogP contribution in [0.25, 0.3) is 21.5 Å². The first-order chi connectivity index (χ1) is 18.6. The quantitative estimate of drug-likeness (QED) is 0.319. The van der Waals surface area contributed by atoms with E-state index in [4.69, 9.17) is 4.98 Å². The van der Waals surface area contributed by atoms with E-state index >= 15 is 0 Å². The van der Waals surface area contributed by atoms with Crippen LogP contribution in [-0.4, -0.2) is 84.0 Å². The van der Waals surface area contributed by atoms with Crippen LogP contribution in [-0.2, 0) is 0 Å². The minimum absolute atomic E-state index is 0.0845. The molecule has 38 heavy (non-hydrogen) atoms. The number of piperidine rings is 1. The fraction of sp³-hybridized carbons (Fsp3) is 0.548. The Labute approximate surface area is 232 Å². The Hall–Kier alpha value is -2.48. The molecule has 204 valence electrons. The van der Waals surface area contributed by atoms with Gasteiger partial charge in [0, 0.05) is 36.8 Å². The van der Waals surface area contributed by atoms with Gasteiger partial charge in [0.05, 0.1) is 21.6 Å². The van der Waals surface area contributed by atoms with Crippen LogP contribution in [0.1, 0.15) is 61.9 Å². The molecule has 5 rings (SSSR count). The maximum Gasteiger partial charge on any atom is 0.253 e. The predicted molar refractivity (Wildman–Crippen MR) is 160 cm³/mol. The zero-order chi connectivity index (χ0) is 26.5. The number of hydrogen-bond donors (Lipinski definition) is 1. The van der Waals surface area contributed by atoms with Crippen LogP contribution in [0.5, 0.6) is 0 Å². The minimum atomic E-state index is 0.0845. The maximum atomic E-state index is 12.7. The second-order valence-electron chi connectivity index (χ2n) is 10.8. The third kappa shape index (κ3) is 6.05. The molecule has 2 aromatic heterocycles. The molecule has 7 heteroatoms. The number of aryl methyl sites for hydroxylation is 1. The lowest BCUT2D eigenvalue weighted by atomic mass is 10.0. The van der Waals surface area contributed by atoms with Gasteiger partial charge in [-0.2, -0.15) is 0 Å². The van der Waals surface area contributed by atoms with E-state index < -0.39 is 0 Å². The highest BCUT2D eigenvalue weighted by Gasteiger charge is 2.26. The van der Waals surface area contributed by atoms with E-state index in [-0.39, 0.29) is 5.91 Å². The Morgan fingerprint density at radius 1 is 1.08 bits per heavy atom. The van der Waals surface area contributed by atoms with Crippen LogP contribution in [0.2, 0.25) is 0 Å². The Kier molecular flexibility index (Phi) is 8.97. The van der Waals surface area contributed by atoms with Crippen molar-refractivity contribution in [1.29, 1.82) is 0 Å². The lowest BCUT2D eigenvalue weighted by Crippen LogP contribution is -2.44. The van der Waals surface area contributed by atoms with Gasteiger partial charge in [-0.3, -0.25) is 4.79 Å². The number of carbonyl (C=O) groups excluding carboxylic acids is 1. The van der Waals surface area contributed by atoms with E-state index in [0.29, 0.717) is 0 Å². The molecule has 2 saturated heterocycles. The number of nitrogens with zero attached hydrogens (tertiary/aromatic N) is 4. The Morgan fingerprint density at radius 3 is 2.47 bits per heavy atom. The zero-order valence-electron chi connectivity index (χ0n) is 23.3. The number of nitrogens with one attached hydrogen (secondary N) is 1. The summed E-state index contributed by atoms with van der Waals surface area (Å²) >= 11 is 1.77. The molecule has 2 fully saturated rings. The van der Waals surface area contributed by atoms with E-state index in [1.165, 1.54) is 67.8 Å². The molecule has 6 nitrogen and oxygen atoms in total. The largest absolute Gasteiger partial charge is 0.384 e. The second-order valence-corrected chi connectivity index (χ2v) is 11.7. The minimum Gasteiger partial charge on any atom is -0.384 e. The molecule has 1 amide bonds. The van der Waals surface area contributed by atoms with Gasteiger partial charge in [0.2, 0.25) is 0 Å². The van der Waals surface area contributed by atoms with Gasteiger partial charge in [-0.1, -0.05) is 12.1 Å². The number of aromatic nitrogens is 1. The third-order valence-electron chi connectivity index (χ3n) is 8.36. The number of anilines is 1. The van der Waals surface area contributed by atoms with Gasteiger partial charge < -0.3 is 20.0 Å². The maximum absolute atomic E-state index is 12.7. The Bertz CT molecular complexity index is 1200. The first-order valence-electron chi connectivity index (χ1n) is 14.6. The van der Waals surface area contributed by atoms with Crippen molar-refractivity contribution in [3.63, 3.8) is 0 Å². The highest BCUT2D eigenvalue weighted by Crippen LogP contribution is 2.34. The number of benzene rings is 1. The molecule has 0 atom stereocenters. The standard InChI is InChI=1S/C31H43N5OS/c1-4-35(5-2)31(37)25-11-9-24(10-12-25)27-21-28(30-29(33-27)23(3)22-38-30)32-15-8-16-34-19-13-26(14-20-34)36-17-6-7-18-36/h9-12,21-22,26H,4-8,13-20H2,1-3H3,(H,32,33). The van der Waals surface area contributed by atoms with Crippen molar-refractivity contribution in [3.05, 3.63) is 46.8 Å². The number of rotatable bonds is 10. The predicted octanol–water partition coefficient (Wildman–Crippen LogP) is 6.12. The summed E-state index contributed by atoms with van der Waals surface area (Å²) in [5.74, 6) is 0.0845. The average molecular weight is 534 g/mol. The molecule has 4 heterocycles. The second kappa shape index (κ2) is 12.6. The number of amides is 1. The number of likely N-dealkylation sites (tertiary alicyclic amines) is 2. The number of fused-ring (bicyclic) bond motifs is 1. The Morgan fingerprint density at radius 2 is 1.79 bits per heavy atom. The monoisotopic (exact) mass is 533 g/mol. The van der Waals surface area contributed by atoms with Crippen LogP contribution < -0.4 is 5.32 Å². The van der Waals surface area contributed by atoms with Gasteiger partial charge in [0.1, 0.15) is 0 Å². The van der Waals surface area contributed by atoms with Gasteiger partial charge in [-0.15, -0.1) is 11.3 Å². The molecule has 0 aliphatic carbocycles. The lowest BCUT2D eigenvalue weighted by Gasteiger charge is -2.36. The summed E-state index contributed by atoms with van der Waals surface area (Å²) in [6.07, 6.45) is 6.58. The zero-order valence-corrected chi connectivity index (χ0v) is 24.2. The van der Waals surface area contributed by atoms with Gasteiger partial charge in [0.15, 0.2) is 0 Å². The number of carbonyl (C=O) groups is 1. The highest BCUT2D eigenvalue weighted by molar-refractivity contribution is 7.18. The number of hydrogen-bond acceptors (Lipinski definition) is 6. The first kappa shape index (κ1) is 27.1. The molecule has 1 aromatic carbocycles. The van der Waals surface area contributed by atoms with E-state index in [1.54, 1.807) is 11.3 Å². The lowest BCUT2D eigenvalue weighted by molar-refractivity contribution is 0.0773. The average Bonchev–Trinajstić information content (AvgIpc) is 3.63. The van der Waals surface area contributed by atoms with Crippen molar-refractivity contribution in [2.45, 2.75) is 58.9 Å². The Balaban J connectivity index is 1.21. The van der Waals surface area contributed by atoms with Crippen molar-refractivity contribution in [3.8, 4) is 11.3 Å².